The van der Waals surface area contributed by atoms with E-state index >= 15 is 0 Å². The number of nitrogens with one attached hydrogen (secondary N) is 1. The number of nitro groups is 1. The molecule has 0 atom stereocenters. The highest BCUT2D eigenvalue weighted by Crippen LogP contribution is 2.22. The van der Waals surface area contributed by atoms with Crippen LogP contribution in [0.5, 0.6) is 0 Å². The highest BCUT2D eigenvalue weighted by atomic mass is 16.6. The summed E-state index contributed by atoms with van der Waals surface area (Å²) < 4.78 is 0. The van der Waals surface area contributed by atoms with Gasteiger partial charge in [0.25, 0.3) is 5.69 Å². The monoisotopic (exact) mass is 207 g/mol. The quantitative estimate of drug-likeness (QED) is 0.593. The Morgan fingerprint density at radius 2 is 2.27 bits per heavy atom. The van der Waals surface area contributed by atoms with E-state index in [2.05, 4.69) is 10.2 Å². The Labute approximate surface area is 87.8 Å². The van der Waals surface area contributed by atoms with Crippen LogP contribution in [0.25, 0.3) is 0 Å². The summed E-state index contributed by atoms with van der Waals surface area (Å²) in [4.78, 5) is 12.3. The molecule has 5 heteroatoms. The van der Waals surface area contributed by atoms with Crippen LogP contribution in [0.15, 0.2) is 24.3 Å². The normalized spacial score (nSPS) is 15.8. The van der Waals surface area contributed by atoms with Gasteiger partial charge in [-0.2, -0.15) is 0 Å². The van der Waals surface area contributed by atoms with E-state index in [0.29, 0.717) is 6.04 Å². The van der Waals surface area contributed by atoms with E-state index in [1.165, 1.54) is 6.07 Å². The number of anilines is 1. The highest BCUT2D eigenvalue weighted by molar-refractivity contribution is 5.53. The first kappa shape index (κ1) is 9.92. The summed E-state index contributed by atoms with van der Waals surface area (Å²) in [5, 5.41) is 13.8. The van der Waals surface area contributed by atoms with E-state index < -0.39 is 0 Å². The molecule has 15 heavy (non-hydrogen) atoms. The van der Waals surface area contributed by atoms with E-state index in [0.717, 1.165) is 18.8 Å². The van der Waals surface area contributed by atoms with Crippen LogP contribution in [0.3, 0.4) is 0 Å². The third kappa shape index (κ3) is 1.92. The molecule has 1 heterocycles. The third-order valence-electron chi connectivity index (χ3n) is 2.76. The Balaban J connectivity index is 2.19. The number of hydrogen-bond acceptors (Lipinski definition) is 4. The molecule has 2 rings (SSSR count). The maximum absolute atomic E-state index is 10.6. The minimum Gasteiger partial charge on any atom is -0.369 e. The van der Waals surface area contributed by atoms with Gasteiger partial charge in [-0.1, -0.05) is 6.07 Å². The van der Waals surface area contributed by atoms with Crippen molar-refractivity contribution in [1.82, 2.24) is 5.32 Å². The van der Waals surface area contributed by atoms with Gasteiger partial charge in [0, 0.05) is 38.0 Å². The molecule has 0 unspecified atom stereocenters. The van der Waals surface area contributed by atoms with Crippen LogP contribution in [0.4, 0.5) is 11.4 Å². The standard InChI is InChI=1S/C10H13N3O2/c1-12(10-6-11-7-10)8-3-2-4-9(5-8)13(14)15/h2-5,10-11H,6-7H2,1H3. The maximum atomic E-state index is 10.6. The largest absolute Gasteiger partial charge is 0.369 e. The van der Waals surface area contributed by atoms with Gasteiger partial charge >= 0.3 is 0 Å². The molecule has 1 aromatic rings. The summed E-state index contributed by atoms with van der Waals surface area (Å²) in [6.07, 6.45) is 0. The molecule has 0 bridgehead atoms. The van der Waals surface area contributed by atoms with Gasteiger partial charge in [0.05, 0.1) is 11.0 Å². The first-order valence-electron chi connectivity index (χ1n) is 4.86. The van der Waals surface area contributed by atoms with Crippen LogP contribution in [-0.2, 0) is 0 Å². The van der Waals surface area contributed by atoms with Crippen molar-refractivity contribution < 1.29 is 4.92 Å². The maximum Gasteiger partial charge on any atom is 0.271 e. The molecule has 0 aliphatic carbocycles. The second-order valence-electron chi connectivity index (χ2n) is 3.70. The van der Waals surface area contributed by atoms with Gasteiger partial charge in [-0.25, -0.2) is 0 Å². The summed E-state index contributed by atoms with van der Waals surface area (Å²) in [5.41, 5.74) is 1.04. The molecular weight excluding hydrogens is 194 g/mol. The van der Waals surface area contributed by atoms with Crippen molar-refractivity contribution in [3.63, 3.8) is 0 Å². The third-order valence-corrected chi connectivity index (χ3v) is 2.76. The molecule has 1 N–H and O–H groups in total. The van der Waals surface area contributed by atoms with Crippen LogP contribution >= 0.6 is 0 Å². The Kier molecular flexibility index (Phi) is 2.55. The lowest BCUT2D eigenvalue weighted by Crippen LogP contribution is -2.56. The summed E-state index contributed by atoms with van der Waals surface area (Å²) in [7, 11) is 1.96. The molecule has 0 aromatic heterocycles. The fourth-order valence-corrected chi connectivity index (χ4v) is 1.58. The zero-order chi connectivity index (χ0) is 10.8. The summed E-state index contributed by atoms with van der Waals surface area (Å²) in [5.74, 6) is 0. The van der Waals surface area contributed by atoms with E-state index in [1.807, 2.05) is 13.1 Å². The van der Waals surface area contributed by atoms with Gasteiger partial charge in [-0.15, -0.1) is 0 Å². The van der Waals surface area contributed by atoms with E-state index in [4.69, 9.17) is 0 Å². The molecule has 0 spiro atoms. The predicted molar refractivity (Wildman–Crippen MR) is 58.2 cm³/mol. The summed E-state index contributed by atoms with van der Waals surface area (Å²) in [6, 6.07) is 7.18. The number of nitro benzene ring substituents is 1. The van der Waals surface area contributed by atoms with Crippen LogP contribution in [0, 0.1) is 10.1 Å². The molecule has 1 saturated heterocycles. The number of non-ortho nitro benzene ring substituents is 1. The van der Waals surface area contributed by atoms with Gasteiger partial charge in [-0.05, 0) is 6.07 Å². The highest BCUT2D eigenvalue weighted by Gasteiger charge is 2.22. The van der Waals surface area contributed by atoms with E-state index in [1.54, 1.807) is 12.1 Å². The minimum absolute atomic E-state index is 0.145. The molecule has 0 amide bonds. The lowest BCUT2D eigenvalue weighted by molar-refractivity contribution is -0.384. The average molecular weight is 207 g/mol. The number of rotatable bonds is 3. The number of benzene rings is 1. The topological polar surface area (TPSA) is 58.4 Å². The van der Waals surface area contributed by atoms with Crippen LogP contribution in [0.1, 0.15) is 0 Å². The summed E-state index contributed by atoms with van der Waals surface area (Å²) >= 11 is 0. The number of hydrogen-bond donors (Lipinski definition) is 1. The molecule has 5 nitrogen and oxygen atoms in total. The van der Waals surface area contributed by atoms with Gasteiger partial charge in [-0.3, -0.25) is 10.1 Å². The first-order chi connectivity index (χ1) is 7.18. The van der Waals surface area contributed by atoms with Crippen molar-refractivity contribution in [2.45, 2.75) is 6.04 Å². The Bertz CT molecular complexity index is 377. The van der Waals surface area contributed by atoms with E-state index in [-0.39, 0.29) is 10.6 Å². The van der Waals surface area contributed by atoms with Gasteiger partial charge < -0.3 is 10.2 Å². The number of nitrogens with zero attached hydrogens (tertiary/aromatic N) is 2. The SMILES string of the molecule is CN(c1cccc([N+](=O)[O-])c1)C1CNC1. The zero-order valence-corrected chi connectivity index (χ0v) is 8.51. The lowest BCUT2D eigenvalue weighted by atomic mass is 10.1. The second-order valence-corrected chi connectivity index (χ2v) is 3.70. The Hall–Kier alpha value is -1.62. The predicted octanol–water partition coefficient (Wildman–Crippen LogP) is 1.00. The Morgan fingerprint density at radius 3 is 2.80 bits per heavy atom. The van der Waals surface area contributed by atoms with Crippen molar-refractivity contribution in [2.75, 3.05) is 25.0 Å². The molecule has 1 fully saturated rings. The van der Waals surface area contributed by atoms with Crippen LogP contribution < -0.4 is 10.2 Å². The molecule has 1 aromatic carbocycles. The van der Waals surface area contributed by atoms with Crippen molar-refractivity contribution in [3.05, 3.63) is 34.4 Å². The fourth-order valence-electron chi connectivity index (χ4n) is 1.58. The van der Waals surface area contributed by atoms with Crippen molar-refractivity contribution in [1.29, 1.82) is 0 Å². The number of likely N-dealkylation sites (N-methyl/N-ethyl adjacent to an activating group) is 1. The van der Waals surface area contributed by atoms with Crippen molar-refractivity contribution >= 4 is 11.4 Å². The van der Waals surface area contributed by atoms with Gasteiger partial charge in [0.2, 0.25) is 0 Å². The average Bonchev–Trinajstić information content (AvgIpc) is 2.15. The molecule has 1 aliphatic rings. The molecular formula is C10H13N3O2. The first-order valence-corrected chi connectivity index (χ1v) is 4.86. The lowest BCUT2D eigenvalue weighted by Gasteiger charge is -2.37. The minimum atomic E-state index is -0.365. The fraction of sp³-hybridized carbons (Fsp3) is 0.400. The van der Waals surface area contributed by atoms with Gasteiger partial charge in [0.1, 0.15) is 0 Å². The Morgan fingerprint density at radius 1 is 1.53 bits per heavy atom. The zero-order valence-electron chi connectivity index (χ0n) is 8.51. The second kappa shape index (κ2) is 3.86. The molecule has 1 aliphatic heterocycles. The van der Waals surface area contributed by atoms with Gasteiger partial charge in [0.15, 0.2) is 0 Å². The molecule has 0 saturated carbocycles. The van der Waals surface area contributed by atoms with Crippen molar-refractivity contribution in [3.8, 4) is 0 Å². The van der Waals surface area contributed by atoms with Crippen LogP contribution in [-0.4, -0.2) is 31.1 Å². The molecule has 0 radical (unpaired) electrons. The summed E-state index contributed by atoms with van der Waals surface area (Å²) in [6.45, 7) is 1.89. The molecule has 80 valence electrons. The van der Waals surface area contributed by atoms with E-state index in [9.17, 15) is 10.1 Å². The smallest absolute Gasteiger partial charge is 0.271 e. The van der Waals surface area contributed by atoms with Crippen molar-refractivity contribution in [2.24, 2.45) is 0 Å². The van der Waals surface area contributed by atoms with Crippen LogP contribution in [0.2, 0.25) is 0 Å².